The van der Waals surface area contributed by atoms with Crippen molar-refractivity contribution in [1.29, 1.82) is 0 Å². The van der Waals surface area contributed by atoms with Gasteiger partial charge in [0.05, 0.1) is 10.6 Å². The lowest BCUT2D eigenvalue weighted by atomic mass is 9.89. The molecule has 0 saturated heterocycles. The van der Waals surface area contributed by atoms with Crippen molar-refractivity contribution in [3.05, 3.63) is 20.8 Å². The zero-order chi connectivity index (χ0) is 22.3. The SMILES string of the molecule is CC(C)Cn1c(SC(C)C(=O)NC(=O)NC2CC2)nc2sc3c(c2c1=O)CCC(C)C3. The van der Waals surface area contributed by atoms with Crippen LogP contribution in [0.25, 0.3) is 10.2 Å². The van der Waals surface area contributed by atoms with Gasteiger partial charge in [0, 0.05) is 17.5 Å². The Labute approximate surface area is 190 Å². The smallest absolute Gasteiger partial charge is 0.321 e. The third kappa shape index (κ3) is 4.98. The van der Waals surface area contributed by atoms with Gasteiger partial charge in [-0.15, -0.1) is 11.3 Å². The summed E-state index contributed by atoms with van der Waals surface area (Å²) in [6.45, 7) is 8.66. The lowest BCUT2D eigenvalue weighted by molar-refractivity contribution is -0.119. The van der Waals surface area contributed by atoms with E-state index in [1.165, 1.54) is 22.2 Å². The molecule has 168 valence electrons. The van der Waals surface area contributed by atoms with E-state index in [4.69, 9.17) is 4.98 Å². The first-order chi connectivity index (χ1) is 14.7. The molecule has 1 saturated carbocycles. The number of fused-ring (bicyclic) bond motifs is 3. The minimum Gasteiger partial charge on any atom is -0.335 e. The first-order valence-electron chi connectivity index (χ1n) is 11.1. The van der Waals surface area contributed by atoms with Crippen LogP contribution in [0.1, 0.15) is 57.4 Å². The molecule has 2 heterocycles. The zero-order valence-electron chi connectivity index (χ0n) is 18.5. The molecule has 31 heavy (non-hydrogen) atoms. The Kier molecular flexibility index (Phi) is 6.44. The first kappa shape index (κ1) is 22.3. The number of urea groups is 1. The second-order valence-electron chi connectivity index (χ2n) is 9.23. The van der Waals surface area contributed by atoms with Crippen LogP contribution in [0.4, 0.5) is 4.79 Å². The molecule has 0 spiro atoms. The predicted molar refractivity (Wildman–Crippen MR) is 125 cm³/mol. The maximum absolute atomic E-state index is 13.5. The summed E-state index contributed by atoms with van der Waals surface area (Å²) < 4.78 is 1.72. The number of nitrogens with one attached hydrogen (secondary N) is 2. The van der Waals surface area contributed by atoms with Crippen molar-refractivity contribution in [3.8, 4) is 0 Å². The molecule has 0 radical (unpaired) electrons. The molecule has 4 rings (SSSR count). The van der Waals surface area contributed by atoms with Crippen molar-refractivity contribution >= 4 is 45.3 Å². The van der Waals surface area contributed by atoms with Crippen LogP contribution in [0.5, 0.6) is 0 Å². The van der Waals surface area contributed by atoms with Crippen LogP contribution in [0.3, 0.4) is 0 Å². The Morgan fingerprint density at radius 3 is 2.68 bits per heavy atom. The standard InChI is InChI=1S/C22H30N4O3S2/c1-11(2)10-26-20(28)17-15-8-5-12(3)9-16(15)31-19(17)25-22(26)30-13(4)18(27)24-21(29)23-14-6-7-14/h11-14H,5-10H2,1-4H3,(H2,23,24,27,29). The van der Waals surface area contributed by atoms with Gasteiger partial charge in [-0.25, -0.2) is 9.78 Å². The first-order valence-corrected chi connectivity index (χ1v) is 12.8. The molecule has 2 aromatic heterocycles. The number of nitrogens with zero attached hydrogens (tertiary/aromatic N) is 2. The van der Waals surface area contributed by atoms with Gasteiger partial charge in [0.1, 0.15) is 4.83 Å². The van der Waals surface area contributed by atoms with E-state index >= 15 is 0 Å². The van der Waals surface area contributed by atoms with Crippen molar-refractivity contribution in [2.24, 2.45) is 11.8 Å². The van der Waals surface area contributed by atoms with Crippen molar-refractivity contribution < 1.29 is 9.59 Å². The van der Waals surface area contributed by atoms with Crippen molar-refractivity contribution in [2.75, 3.05) is 0 Å². The lowest BCUT2D eigenvalue weighted by Crippen LogP contribution is -2.43. The summed E-state index contributed by atoms with van der Waals surface area (Å²) in [6.07, 6.45) is 4.94. The van der Waals surface area contributed by atoms with Gasteiger partial charge < -0.3 is 5.32 Å². The summed E-state index contributed by atoms with van der Waals surface area (Å²) in [5.74, 6) is 0.505. The van der Waals surface area contributed by atoms with Crippen LogP contribution in [0.15, 0.2) is 9.95 Å². The number of aromatic nitrogens is 2. The molecule has 0 bridgehead atoms. The quantitative estimate of drug-likeness (QED) is 0.504. The highest BCUT2D eigenvalue weighted by molar-refractivity contribution is 8.00. The number of hydrogen-bond donors (Lipinski definition) is 2. The Hall–Kier alpha value is -1.87. The van der Waals surface area contributed by atoms with Gasteiger partial charge in [-0.2, -0.15) is 0 Å². The monoisotopic (exact) mass is 462 g/mol. The van der Waals surface area contributed by atoms with Crippen LogP contribution < -0.4 is 16.2 Å². The minimum absolute atomic E-state index is 0.00709. The molecule has 2 unspecified atom stereocenters. The molecule has 9 heteroatoms. The minimum atomic E-state index is -0.553. The third-order valence-corrected chi connectivity index (χ3v) is 7.97. The number of thioether (sulfide) groups is 1. The van der Waals surface area contributed by atoms with E-state index in [1.54, 1.807) is 22.8 Å². The summed E-state index contributed by atoms with van der Waals surface area (Å²) in [5, 5.41) is 5.91. The average molecular weight is 463 g/mol. The highest BCUT2D eigenvalue weighted by Crippen LogP contribution is 2.37. The Morgan fingerprint density at radius 1 is 1.26 bits per heavy atom. The number of carbonyl (C=O) groups excluding carboxylic acids is 2. The van der Waals surface area contributed by atoms with Gasteiger partial charge in [-0.3, -0.25) is 19.5 Å². The van der Waals surface area contributed by atoms with Gasteiger partial charge >= 0.3 is 6.03 Å². The molecular formula is C22H30N4O3S2. The van der Waals surface area contributed by atoms with Crippen molar-refractivity contribution in [1.82, 2.24) is 20.2 Å². The molecule has 0 aromatic carbocycles. The van der Waals surface area contributed by atoms with Crippen molar-refractivity contribution in [3.63, 3.8) is 0 Å². The summed E-state index contributed by atoms with van der Waals surface area (Å²) >= 11 is 2.86. The van der Waals surface area contributed by atoms with Gasteiger partial charge in [0.25, 0.3) is 5.56 Å². The van der Waals surface area contributed by atoms with E-state index < -0.39 is 11.3 Å². The normalized spacial score (nSPS) is 19.3. The average Bonchev–Trinajstić information content (AvgIpc) is 3.42. The van der Waals surface area contributed by atoms with E-state index in [0.717, 1.165) is 42.3 Å². The summed E-state index contributed by atoms with van der Waals surface area (Å²) in [7, 11) is 0. The van der Waals surface area contributed by atoms with Gasteiger partial charge in [-0.1, -0.05) is 32.5 Å². The molecule has 2 aliphatic carbocycles. The number of hydrogen-bond acceptors (Lipinski definition) is 6. The molecule has 3 amide bonds. The zero-order valence-corrected chi connectivity index (χ0v) is 20.1. The second kappa shape index (κ2) is 8.94. The maximum Gasteiger partial charge on any atom is 0.321 e. The Bertz CT molecular complexity index is 1070. The molecule has 2 aliphatic rings. The van der Waals surface area contributed by atoms with E-state index in [0.29, 0.717) is 17.6 Å². The molecule has 7 nitrogen and oxygen atoms in total. The maximum atomic E-state index is 13.5. The highest BCUT2D eigenvalue weighted by atomic mass is 32.2. The Morgan fingerprint density at radius 2 is 2.00 bits per heavy atom. The largest absolute Gasteiger partial charge is 0.335 e. The van der Waals surface area contributed by atoms with Gasteiger partial charge in [0.15, 0.2) is 5.16 Å². The summed E-state index contributed by atoms with van der Waals surface area (Å²) in [4.78, 5) is 44.8. The predicted octanol–water partition coefficient (Wildman–Crippen LogP) is 3.71. The van der Waals surface area contributed by atoms with Crippen LogP contribution in [-0.2, 0) is 24.2 Å². The number of thiophene rings is 1. The fraction of sp³-hybridized carbons (Fsp3) is 0.636. The molecular weight excluding hydrogens is 432 g/mol. The number of amides is 3. The van der Waals surface area contributed by atoms with Crippen LogP contribution >= 0.6 is 23.1 Å². The fourth-order valence-electron chi connectivity index (χ4n) is 3.90. The number of rotatable bonds is 6. The van der Waals surface area contributed by atoms with E-state index in [9.17, 15) is 14.4 Å². The molecule has 2 atom stereocenters. The lowest BCUT2D eigenvalue weighted by Gasteiger charge is -2.18. The van der Waals surface area contributed by atoms with E-state index in [2.05, 4.69) is 31.4 Å². The van der Waals surface area contributed by atoms with Crippen LogP contribution in [0.2, 0.25) is 0 Å². The molecule has 2 N–H and O–H groups in total. The van der Waals surface area contributed by atoms with E-state index in [1.807, 2.05) is 0 Å². The molecule has 1 fully saturated rings. The summed E-state index contributed by atoms with van der Waals surface area (Å²) in [6, 6.07) is -0.272. The molecule has 0 aliphatic heterocycles. The second-order valence-corrected chi connectivity index (χ2v) is 11.6. The highest BCUT2D eigenvalue weighted by Gasteiger charge is 2.28. The number of aryl methyl sites for hydroxylation is 1. The van der Waals surface area contributed by atoms with E-state index in [-0.39, 0.29) is 23.4 Å². The fourth-order valence-corrected chi connectivity index (χ4v) is 6.24. The van der Waals surface area contributed by atoms with Gasteiger partial charge in [-0.05, 0) is 56.4 Å². The van der Waals surface area contributed by atoms with Crippen LogP contribution in [0, 0.1) is 11.8 Å². The number of imide groups is 1. The van der Waals surface area contributed by atoms with Crippen molar-refractivity contribution in [2.45, 2.75) is 82.8 Å². The third-order valence-electron chi connectivity index (χ3n) is 5.73. The molecule has 2 aromatic rings. The number of carbonyl (C=O) groups is 2. The Balaban J connectivity index is 1.63. The van der Waals surface area contributed by atoms with Crippen LogP contribution in [-0.4, -0.2) is 32.8 Å². The topological polar surface area (TPSA) is 93.1 Å². The van der Waals surface area contributed by atoms with Gasteiger partial charge in [0.2, 0.25) is 5.91 Å². The summed E-state index contributed by atoms with van der Waals surface area (Å²) in [5.41, 5.74) is 1.17.